The number of thiophene rings is 1. The van der Waals surface area contributed by atoms with Gasteiger partial charge in [0.25, 0.3) is 0 Å². The van der Waals surface area contributed by atoms with Crippen LogP contribution in [0.1, 0.15) is 25.0 Å². The standard InChI is InChI=1S/C33H23NS/c1-33(2)24-17-9-6-14-21(24)29-30(33)31-27(28-23-16-8-11-19-26(23)35-32(28)29)22-15-7-10-18-25(22)34(31)20-12-4-3-5-13-20/h3-19H,1-2H3. The van der Waals surface area contributed by atoms with E-state index in [1.54, 1.807) is 0 Å². The van der Waals surface area contributed by atoms with Gasteiger partial charge in [0, 0.05) is 47.6 Å². The molecule has 2 heteroatoms. The Balaban J connectivity index is 1.76. The number of hydrogen-bond donors (Lipinski definition) is 0. The minimum Gasteiger partial charge on any atom is -0.309 e. The van der Waals surface area contributed by atoms with Crippen molar-refractivity contribution in [1.82, 2.24) is 4.57 Å². The number of fused-ring (bicyclic) bond motifs is 12. The van der Waals surface area contributed by atoms with Crippen LogP contribution in [0.2, 0.25) is 0 Å². The predicted octanol–water partition coefficient (Wildman–Crippen LogP) is 9.46. The summed E-state index contributed by atoms with van der Waals surface area (Å²) in [4.78, 5) is 0. The van der Waals surface area contributed by atoms with Crippen molar-refractivity contribution in [3.8, 4) is 16.8 Å². The van der Waals surface area contributed by atoms with Crippen LogP contribution in [-0.4, -0.2) is 4.57 Å². The first-order valence-corrected chi connectivity index (χ1v) is 13.0. The zero-order chi connectivity index (χ0) is 23.3. The molecule has 0 radical (unpaired) electrons. The monoisotopic (exact) mass is 465 g/mol. The van der Waals surface area contributed by atoms with E-state index in [9.17, 15) is 0 Å². The molecular formula is C33H23NS. The topological polar surface area (TPSA) is 4.93 Å². The normalized spacial score (nSPS) is 14.2. The van der Waals surface area contributed by atoms with Crippen LogP contribution in [0, 0.1) is 0 Å². The van der Waals surface area contributed by atoms with Crippen molar-refractivity contribution in [1.29, 1.82) is 0 Å². The maximum atomic E-state index is 2.52. The van der Waals surface area contributed by atoms with Gasteiger partial charge in [-0.1, -0.05) is 92.7 Å². The molecule has 1 aliphatic carbocycles. The molecule has 7 aromatic rings. The summed E-state index contributed by atoms with van der Waals surface area (Å²) in [7, 11) is 0. The molecule has 1 aliphatic rings. The molecule has 35 heavy (non-hydrogen) atoms. The number of rotatable bonds is 1. The Bertz CT molecular complexity index is 1970. The average molecular weight is 466 g/mol. The number of benzene rings is 5. The Hall–Kier alpha value is -3.88. The van der Waals surface area contributed by atoms with E-state index in [4.69, 9.17) is 0 Å². The average Bonchev–Trinajstić information content (AvgIpc) is 3.51. The summed E-state index contributed by atoms with van der Waals surface area (Å²) < 4.78 is 5.29. The van der Waals surface area contributed by atoms with E-state index in [1.165, 1.54) is 69.9 Å². The summed E-state index contributed by atoms with van der Waals surface area (Å²) >= 11 is 1.95. The van der Waals surface area contributed by atoms with Crippen LogP contribution in [0.15, 0.2) is 103 Å². The molecule has 0 N–H and O–H groups in total. The van der Waals surface area contributed by atoms with Gasteiger partial charge in [0.15, 0.2) is 0 Å². The lowest BCUT2D eigenvalue weighted by Crippen LogP contribution is -2.16. The summed E-state index contributed by atoms with van der Waals surface area (Å²) in [5.41, 5.74) is 9.42. The first-order chi connectivity index (χ1) is 17.2. The molecule has 0 spiro atoms. The van der Waals surface area contributed by atoms with Gasteiger partial charge >= 0.3 is 0 Å². The highest BCUT2D eigenvalue weighted by Crippen LogP contribution is 2.58. The predicted molar refractivity (Wildman–Crippen MR) is 151 cm³/mol. The van der Waals surface area contributed by atoms with Crippen molar-refractivity contribution >= 4 is 53.3 Å². The first-order valence-electron chi connectivity index (χ1n) is 12.2. The summed E-state index contributed by atoms with van der Waals surface area (Å²) in [6.07, 6.45) is 0. The van der Waals surface area contributed by atoms with Crippen molar-refractivity contribution in [2.45, 2.75) is 19.3 Å². The van der Waals surface area contributed by atoms with Crippen molar-refractivity contribution in [2.75, 3.05) is 0 Å². The molecule has 0 aliphatic heterocycles. The SMILES string of the molecule is CC1(C)c2ccccc2-c2c1c1c(c3ccccc3n1-c1ccccc1)c1c2sc2ccccc21. The number of nitrogens with zero attached hydrogens (tertiary/aromatic N) is 1. The van der Waals surface area contributed by atoms with E-state index >= 15 is 0 Å². The van der Waals surface area contributed by atoms with Crippen LogP contribution in [0.4, 0.5) is 0 Å². The zero-order valence-electron chi connectivity index (χ0n) is 19.7. The summed E-state index contributed by atoms with van der Waals surface area (Å²) in [5.74, 6) is 0. The molecule has 5 aromatic carbocycles. The Morgan fingerprint density at radius 1 is 0.657 bits per heavy atom. The maximum absolute atomic E-state index is 2.52. The highest BCUT2D eigenvalue weighted by Gasteiger charge is 2.40. The molecule has 0 amide bonds. The summed E-state index contributed by atoms with van der Waals surface area (Å²) in [6.45, 7) is 4.81. The van der Waals surface area contributed by atoms with Gasteiger partial charge in [0.05, 0.1) is 11.0 Å². The van der Waals surface area contributed by atoms with Crippen molar-refractivity contribution in [3.63, 3.8) is 0 Å². The molecule has 0 saturated heterocycles. The third-order valence-corrected chi connectivity index (χ3v) is 9.13. The van der Waals surface area contributed by atoms with Crippen molar-refractivity contribution in [2.24, 2.45) is 0 Å². The molecule has 0 unspecified atom stereocenters. The fourth-order valence-corrected chi connectivity index (χ4v) is 7.80. The first kappa shape index (κ1) is 19.4. The molecule has 0 fully saturated rings. The van der Waals surface area contributed by atoms with Gasteiger partial charge in [-0.25, -0.2) is 0 Å². The highest BCUT2D eigenvalue weighted by molar-refractivity contribution is 7.26. The molecule has 0 saturated carbocycles. The molecule has 2 aromatic heterocycles. The highest BCUT2D eigenvalue weighted by atomic mass is 32.1. The van der Waals surface area contributed by atoms with Gasteiger partial charge in [0.2, 0.25) is 0 Å². The fraction of sp³-hybridized carbons (Fsp3) is 0.0909. The maximum Gasteiger partial charge on any atom is 0.0595 e. The second kappa shape index (κ2) is 6.62. The third-order valence-electron chi connectivity index (χ3n) is 7.94. The van der Waals surface area contributed by atoms with Crippen molar-refractivity contribution in [3.05, 3.63) is 114 Å². The molecule has 8 rings (SSSR count). The third kappa shape index (κ3) is 2.33. The van der Waals surface area contributed by atoms with Gasteiger partial charge < -0.3 is 4.57 Å². The van der Waals surface area contributed by atoms with Crippen LogP contribution in [0.25, 0.3) is 58.8 Å². The molecule has 2 heterocycles. The quantitative estimate of drug-likeness (QED) is 0.227. The van der Waals surface area contributed by atoms with E-state index in [0.717, 1.165) is 0 Å². The minimum absolute atomic E-state index is 0.102. The Morgan fingerprint density at radius 3 is 2.20 bits per heavy atom. The second-order valence-corrected chi connectivity index (χ2v) is 11.2. The van der Waals surface area contributed by atoms with Gasteiger partial charge in [0.1, 0.15) is 0 Å². The van der Waals surface area contributed by atoms with Gasteiger partial charge in [-0.2, -0.15) is 0 Å². The molecule has 166 valence electrons. The molecule has 0 bridgehead atoms. The number of hydrogen-bond acceptors (Lipinski definition) is 1. The Morgan fingerprint density at radius 2 is 1.34 bits per heavy atom. The van der Waals surface area contributed by atoms with E-state index in [-0.39, 0.29) is 5.41 Å². The second-order valence-electron chi connectivity index (χ2n) is 10.1. The number of aromatic nitrogens is 1. The Kier molecular flexibility index (Phi) is 3.67. The van der Waals surface area contributed by atoms with Crippen LogP contribution in [0.5, 0.6) is 0 Å². The smallest absolute Gasteiger partial charge is 0.0595 e. The van der Waals surface area contributed by atoms with Crippen LogP contribution in [0.3, 0.4) is 0 Å². The van der Waals surface area contributed by atoms with Crippen LogP contribution < -0.4 is 0 Å². The largest absolute Gasteiger partial charge is 0.309 e. The molecule has 1 nitrogen and oxygen atoms in total. The minimum atomic E-state index is -0.102. The van der Waals surface area contributed by atoms with Crippen molar-refractivity contribution < 1.29 is 0 Å². The van der Waals surface area contributed by atoms with Gasteiger partial charge in [-0.3, -0.25) is 0 Å². The summed E-state index contributed by atoms with van der Waals surface area (Å²) in [5, 5.41) is 5.47. The lowest BCUT2D eigenvalue weighted by molar-refractivity contribution is 0.664. The van der Waals surface area contributed by atoms with Crippen LogP contribution >= 0.6 is 11.3 Å². The van der Waals surface area contributed by atoms with E-state index in [2.05, 4.69) is 122 Å². The number of para-hydroxylation sites is 2. The fourth-order valence-electron chi connectivity index (χ4n) is 6.52. The van der Waals surface area contributed by atoms with Gasteiger partial charge in [-0.05, 0) is 41.0 Å². The van der Waals surface area contributed by atoms with Gasteiger partial charge in [-0.15, -0.1) is 11.3 Å². The Labute approximate surface area is 207 Å². The lowest BCUT2D eigenvalue weighted by atomic mass is 9.81. The van der Waals surface area contributed by atoms with E-state index in [0.29, 0.717) is 0 Å². The lowest BCUT2D eigenvalue weighted by Gasteiger charge is -2.24. The van der Waals surface area contributed by atoms with E-state index in [1.807, 2.05) is 11.3 Å². The molecule has 0 atom stereocenters. The zero-order valence-corrected chi connectivity index (χ0v) is 20.5. The molecular weight excluding hydrogens is 442 g/mol. The summed E-state index contributed by atoms with van der Waals surface area (Å²) in [6, 6.07) is 37.8. The van der Waals surface area contributed by atoms with E-state index < -0.39 is 0 Å². The van der Waals surface area contributed by atoms with Crippen LogP contribution in [-0.2, 0) is 5.41 Å².